The zero-order chi connectivity index (χ0) is 9.68. The maximum atomic E-state index is 8.52. The van der Waals surface area contributed by atoms with E-state index in [4.69, 9.17) is 22.4 Å². The van der Waals surface area contributed by atoms with E-state index in [1.54, 1.807) is 18.3 Å². The number of halogens is 1. The Morgan fingerprint density at radius 1 is 1.62 bits per heavy atom. The van der Waals surface area contributed by atoms with Crippen molar-refractivity contribution in [1.29, 1.82) is 0 Å². The van der Waals surface area contributed by atoms with Crippen LogP contribution in [0.5, 0.6) is 0 Å². The average Bonchev–Trinajstić information content (AvgIpc) is 2.09. The molecule has 0 aliphatic carbocycles. The van der Waals surface area contributed by atoms with Gasteiger partial charge in [-0.05, 0) is 6.42 Å². The van der Waals surface area contributed by atoms with Gasteiger partial charge in [0.15, 0.2) is 0 Å². The molecule has 4 nitrogen and oxygen atoms in total. The van der Waals surface area contributed by atoms with Gasteiger partial charge in [0.1, 0.15) is 5.15 Å². The molecule has 1 rings (SSSR count). The van der Waals surface area contributed by atoms with Crippen molar-refractivity contribution in [1.82, 2.24) is 9.97 Å². The normalized spacial score (nSPS) is 10.9. The first-order valence-electron chi connectivity index (χ1n) is 3.79. The molecule has 0 fully saturated rings. The number of anilines is 1. The molecule has 0 atom stereocenters. The predicted octanol–water partition coefficient (Wildman–Crippen LogP) is 1.11. The van der Waals surface area contributed by atoms with Crippen LogP contribution in [-0.4, -0.2) is 21.7 Å². The number of hydrogen-bond acceptors (Lipinski definition) is 4. The molecule has 0 saturated carbocycles. The summed E-state index contributed by atoms with van der Waals surface area (Å²) in [6.45, 7) is 0.115. The highest BCUT2D eigenvalue weighted by Crippen LogP contribution is 2.14. The van der Waals surface area contributed by atoms with Gasteiger partial charge < -0.3 is 10.8 Å². The Morgan fingerprint density at radius 3 is 3.00 bits per heavy atom. The molecule has 0 radical (unpaired) electrons. The molecule has 0 saturated heterocycles. The van der Waals surface area contributed by atoms with E-state index in [0.29, 0.717) is 17.1 Å². The van der Waals surface area contributed by atoms with E-state index in [1.165, 1.54) is 0 Å². The van der Waals surface area contributed by atoms with E-state index in [-0.39, 0.29) is 12.6 Å². The standard InChI is InChI=1S/C8H10ClN3O/c9-7-6(3-1-2-4-13)5-11-8(10)12-7/h1,3,5,13H,2,4H2,(H2,10,11,12). The number of aliphatic hydroxyl groups excluding tert-OH is 1. The first-order chi connectivity index (χ1) is 6.24. The first-order valence-corrected chi connectivity index (χ1v) is 4.17. The van der Waals surface area contributed by atoms with Crippen molar-refractivity contribution in [3.63, 3.8) is 0 Å². The van der Waals surface area contributed by atoms with Crippen molar-refractivity contribution in [2.75, 3.05) is 12.3 Å². The third-order valence-corrected chi connectivity index (χ3v) is 1.68. The second-order valence-electron chi connectivity index (χ2n) is 2.39. The highest BCUT2D eigenvalue weighted by atomic mass is 35.5. The fourth-order valence-electron chi connectivity index (χ4n) is 0.780. The van der Waals surface area contributed by atoms with Gasteiger partial charge in [-0.25, -0.2) is 9.97 Å². The van der Waals surface area contributed by atoms with E-state index in [1.807, 2.05) is 0 Å². The maximum Gasteiger partial charge on any atom is 0.221 e. The van der Waals surface area contributed by atoms with Crippen LogP contribution in [-0.2, 0) is 0 Å². The Bertz CT molecular complexity index is 314. The quantitative estimate of drug-likeness (QED) is 0.716. The molecule has 70 valence electrons. The van der Waals surface area contributed by atoms with Crippen molar-refractivity contribution < 1.29 is 5.11 Å². The van der Waals surface area contributed by atoms with E-state index < -0.39 is 0 Å². The largest absolute Gasteiger partial charge is 0.396 e. The van der Waals surface area contributed by atoms with Gasteiger partial charge in [0.25, 0.3) is 0 Å². The molecule has 0 amide bonds. The number of nitrogens with two attached hydrogens (primary N) is 1. The maximum absolute atomic E-state index is 8.52. The van der Waals surface area contributed by atoms with Crippen molar-refractivity contribution in [2.45, 2.75) is 6.42 Å². The molecule has 0 aliphatic rings. The van der Waals surface area contributed by atoms with Crippen LogP contribution in [0.1, 0.15) is 12.0 Å². The van der Waals surface area contributed by atoms with Crippen LogP contribution in [0.3, 0.4) is 0 Å². The van der Waals surface area contributed by atoms with Crippen LogP contribution in [0, 0.1) is 0 Å². The second-order valence-corrected chi connectivity index (χ2v) is 2.75. The molecule has 5 heteroatoms. The van der Waals surface area contributed by atoms with Gasteiger partial charge in [-0.15, -0.1) is 0 Å². The zero-order valence-electron chi connectivity index (χ0n) is 6.94. The summed E-state index contributed by atoms with van der Waals surface area (Å²) in [5.41, 5.74) is 6.01. The van der Waals surface area contributed by atoms with E-state index in [9.17, 15) is 0 Å². The zero-order valence-corrected chi connectivity index (χ0v) is 7.70. The number of hydrogen-bond donors (Lipinski definition) is 2. The fourth-order valence-corrected chi connectivity index (χ4v) is 0.978. The SMILES string of the molecule is Nc1ncc(C=CCCO)c(Cl)n1. The molecule has 13 heavy (non-hydrogen) atoms. The molecule has 0 spiro atoms. The lowest BCUT2D eigenvalue weighted by molar-refractivity contribution is 0.303. The number of aromatic nitrogens is 2. The Labute approximate surface area is 81.1 Å². The van der Waals surface area contributed by atoms with Crippen molar-refractivity contribution >= 4 is 23.6 Å². The Kier molecular flexibility index (Phi) is 3.67. The highest BCUT2D eigenvalue weighted by Gasteiger charge is 1.98. The van der Waals surface area contributed by atoms with Gasteiger partial charge in [0, 0.05) is 18.4 Å². The van der Waals surface area contributed by atoms with Crippen LogP contribution in [0.25, 0.3) is 6.08 Å². The minimum atomic E-state index is 0.115. The Balaban J connectivity index is 2.77. The number of aliphatic hydroxyl groups is 1. The summed E-state index contributed by atoms with van der Waals surface area (Å²) < 4.78 is 0. The van der Waals surface area contributed by atoms with E-state index >= 15 is 0 Å². The number of nitrogen functional groups attached to an aromatic ring is 1. The lowest BCUT2D eigenvalue weighted by atomic mass is 10.3. The molecule has 0 aromatic carbocycles. The first kappa shape index (κ1) is 9.95. The molecule has 3 N–H and O–H groups in total. The third kappa shape index (κ3) is 3.01. The third-order valence-electron chi connectivity index (χ3n) is 1.38. The smallest absolute Gasteiger partial charge is 0.221 e. The summed E-state index contributed by atoms with van der Waals surface area (Å²) in [6.07, 6.45) is 5.66. The summed E-state index contributed by atoms with van der Waals surface area (Å²) in [4.78, 5) is 7.56. The van der Waals surface area contributed by atoms with Crippen LogP contribution in [0.2, 0.25) is 5.15 Å². The molecule has 1 aromatic rings. The van der Waals surface area contributed by atoms with Gasteiger partial charge in [0.2, 0.25) is 5.95 Å². The second kappa shape index (κ2) is 4.79. The highest BCUT2D eigenvalue weighted by molar-refractivity contribution is 6.30. The Morgan fingerprint density at radius 2 is 2.38 bits per heavy atom. The van der Waals surface area contributed by atoms with Crippen LogP contribution in [0.4, 0.5) is 5.95 Å². The summed E-state index contributed by atoms with van der Waals surface area (Å²) in [6, 6.07) is 0. The minimum absolute atomic E-state index is 0.115. The number of rotatable bonds is 3. The minimum Gasteiger partial charge on any atom is -0.396 e. The molecule has 0 bridgehead atoms. The summed E-state index contributed by atoms with van der Waals surface area (Å²) in [5.74, 6) is 0.157. The summed E-state index contributed by atoms with van der Waals surface area (Å²) in [5, 5.41) is 8.84. The van der Waals surface area contributed by atoms with Gasteiger partial charge >= 0.3 is 0 Å². The summed E-state index contributed by atoms with van der Waals surface area (Å²) >= 11 is 5.76. The topological polar surface area (TPSA) is 72.0 Å². The molecular formula is C8H10ClN3O. The fraction of sp³-hybridized carbons (Fsp3) is 0.250. The van der Waals surface area contributed by atoms with Crippen molar-refractivity contribution in [3.8, 4) is 0 Å². The van der Waals surface area contributed by atoms with Crippen molar-refractivity contribution in [3.05, 3.63) is 23.0 Å². The van der Waals surface area contributed by atoms with Crippen LogP contribution >= 0.6 is 11.6 Å². The molecule has 0 aliphatic heterocycles. The van der Waals surface area contributed by atoms with E-state index in [0.717, 1.165) is 0 Å². The number of nitrogens with zero attached hydrogens (tertiary/aromatic N) is 2. The monoisotopic (exact) mass is 199 g/mol. The van der Waals surface area contributed by atoms with Gasteiger partial charge in [-0.2, -0.15) is 0 Å². The van der Waals surface area contributed by atoms with E-state index in [2.05, 4.69) is 9.97 Å². The Hall–Kier alpha value is -1.13. The molecule has 0 unspecified atom stereocenters. The lowest BCUT2D eigenvalue weighted by Crippen LogP contribution is -1.95. The molecule has 1 heterocycles. The van der Waals surface area contributed by atoms with Gasteiger partial charge in [0.05, 0.1) is 0 Å². The lowest BCUT2D eigenvalue weighted by Gasteiger charge is -1.96. The summed E-state index contributed by atoms with van der Waals surface area (Å²) in [7, 11) is 0. The average molecular weight is 200 g/mol. The molecular weight excluding hydrogens is 190 g/mol. The van der Waals surface area contributed by atoms with Gasteiger partial charge in [-0.1, -0.05) is 23.8 Å². The van der Waals surface area contributed by atoms with Crippen LogP contribution < -0.4 is 5.73 Å². The van der Waals surface area contributed by atoms with Crippen molar-refractivity contribution in [2.24, 2.45) is 0 Å². The molecule has 1 aromatic heterocycles. The van der Waals surface area contributed by atoms with Gasteiger partial charge in [-0.3, -0.25) is 0 Å². The van der Waals surface area contributed by atoms with Crippen LogP contribution in [0.15, 0.2) is 12.3 Å². The predicted molar refractivity (Wildman–Crippen MR) is 52.2 cm³/mol.